The van der Waals surface area contributed by atoms with Crippen LogP contribution in [0.2, 0.25) is 0 Å². The van der Waals surface area contributed by atoms with Crippen molar-refractivity contribution >= 4 is 6.72 Å². The van der Waals surface area contributed by atoms with Crippen molar-refractivity contribution in [2.75, 3.05) is 0 Å². The molecular formula is C12H14F2N2. The van der Waals surface area contributed by atoms with Crippen molar-refractivity contribution in [3.05, 3.63) is 34.9 Å². The van der Waals surface area contributed by atoms with Gasteiger partial charge in [-0.2, -0.15) is 5.10 Å². The molecule has 1 aliphatic rings. The van der Waals surface area contributed by atoms with Gasteiger partial charge < -0.3 is 5.43 Å². The predicted molar refractivity (Wildman–Crippen MR) is 59.8 cm³/mol. The lowest BCUT2D eigenvalue weighted by atomic mass is 10.0. The summed E-state index contributed by atoms with van der Waals surface area (Å²) in [4.78, 5) is 0. The van der Waals surface area contributed by atoms with Crippen molar-refractivity contribution in [3.63, 3.8) is 0 Å². The summed E-state index contributed by atoms with van der Waals surface area (Å²) < 4.78 is 26.4. The van der Waals surface area contributed by atoms with Crippen LogP contribution >= 0.6 is 0 Å². The molecule has 0 bridgehead atoms. The van der Waals surface area contributed by atoms with E-state index in [1.165, 1.54) is 6.07 Å². The molecule has 1 N–H and O–H groups in total. The summed E-state index contributed by atoms with van der Waals surface area (Å²) in [7, 11) is 0. The second kappa shape index (κ2) is 3.85. The first-order valence-electron chi connectivity index (χ1n) is 5.24. The molecule has 2 rings (SSSR count). The van der Waals surface area contributed by atoms with Crippen LogP contribution in [0.3, 0.4) is 0 Å². The Bertz CT molecular complexity index is 410. The number of halogens is 2. The third-order valence-corrected chi connectivity index (χ3v) is 2.98. The molecule has 2 nitrogen and oxygen atoms in total. The van der Waals surface area contributed by atoms with E-state index in [1.54, 1.807) is 12.1 Å². The van der Waals surface area contributed by atoms with Gasteiger partial charge in [-0.1, -0.05) is 12.1 Å². The van der Waals surface area contributed by atoms with E-state index in [1.807, 2.05) is 0 Å². The molecule has 0 radical (unpaired) electrons. The summed E-state index contributed by atoms with van der Waals surface area (Å²) in [6.45, 7) is 4.27. The van der Waals surface area contributed by atoms with Crippen LogP contribution in [-0.4, -0.2) is 6.72 Å². The lowest BCUT2D eigenvalue weighted by Gasteiger charge is -2.15. The van der Waals surface area contributed by atoms with Gasteiger partial charge in [0, 0.05) is 19.2 Å². The first kappa shape index (κ1) is 11.0. The fraction of sp³-hybridized carbons (Fsp3) is 0.417. The second-order valence-corrected chi connectivity index (χ2v) is 4.18. The molecule has 0 aliphatic heterocycles. The van der Waals surface area contributed by atoms with E-state index in [4.69, 9.17) is 0 Å². The lowest BCUT2D eigenvalue weighted by molar-refractivity contribution is 0.0174. The zero-order chi connectivity index (χ0) is 11.8. The molecule has 0 saturated carbocycles. The van der Waals surface area contributed by atoms with E-state index in [0.29, 0.717) is 0 Å². The zero-order valence-corrected chi connectivity index (χ0v) is 9.13. The maximum atomic E-state index is 13.2. The van der Waals surface area contributed by atoms with Crippen LogP contribution in [0.5, 0.6) is 0 Å². The van der Waals surface area contributed by atoms with Crippen molar-refractivity contribution in [3.8, 4) is 0 Å². The quantitative estimate of drug-likeness (QED) is 0.619. The average molecular weight is 224 g/mol. The zero-order valence-electron chi connectivity index (χ0n) is 9.13. The molecule has 0 amide bonds. The van der Waals surface area contributed by atoms with E-state index < -0.39 is 5.92 Å². The number of benzene rings is 1. The van der Waals surface area contributed by atoms with Crippen molar-refractivity contribution in [2.45, 2.75) is 31.7 Å². The first-order chi connectivity index (χ1) is 7.52. The molecule has 1 atom stereocenters. The fourth-order valence-electron chi connectivity index (χ4n) is 2.12. The Balaban J connectivity index is 2.37. The van der Waals surface area contributed by atoms with Crippen molar-refractivity contribution in [1.29, 1.82) is 0 Å². The molecule has 1 aromatic carbocycles. The minimum atomic E-state index is -2.79. The van der Waals surface area contributed by atoms with Crippen molar-refractivity contribution in [2.24, 2.45) is 5.10 Å². The molecule has 0 spiro atoms. The smallest absolute Gasteiger partial charge is 0.270 e. The molecule has 1 unspecified atom stereocenters. The number of hydrogen-bond donors (Lipinski definition) is 1. The van der Waals surface area contributed by atoms with E-state index in [0.717, 1.165) is 30.9 Å². The second-order valence-electron chi connectivity index (χ2n) is 4.18. The van der Waals surface area contributed by atoms with Gasteiger partial charge in [-0.15, -0.1) is 0 Å². The van der Waals surface area contributed by atoms with Crippen LogP contribution < -0.4 is 5.43 Å². The van der Waals surface area contributed by atoms with Crippen molar-refractivity contribution < 1.29 is 8.78 Å². The Morgan fingerprint density at radius 2 is 2.25 bits per heavy atom. The van der Waals surface area contributed by atoms with Gasteiger partial charge in [-0.05, 0) is 30.0 Å². The Labute approximate surface area is 93.4 Å². The first-order valence-corrected chi connectivity index (χ1v) is 5.24. The van der Waals surface area contributed by atoms with Crippen LogP contribution in [0, 0.1) is 0 Å². The Morgan fingerprint density at radius 1 is 1.50 bits per heavy atom. The van der Waals surface area contributed by atoms with E-state index in [9.17, 15) is 8.78 Å². The molecule has 16 heavy (non-hydrogen) atoms. The van der Waals surface area contributed by atoms with Gasteiger partial charge in [0.05, 0.1) is 6.04 Å². The highest BCUT2D eigenvalue weighted by molar-refractivity contribution is 5.39. The topological polar surface area (TPSA) is 24.4 Å². The predicted octanol–water partition coefficient (Wildman–Crippen LogP) is 2.99. The molecule has 0 saturated heterocycles. The third-order valence-electron chi connectivity index (χ3n) is 2.98. The van der Waals surface area contributed by atoms with Gasteiger partial charge in [-0.3, -0.25) is 0 Å². The number of nitrogens with one attached hydrogen (secondary N) is 1. The van der Waals surface area contributed by atoms with E-state index >= 15 is 0 Å². The largest absolute Gasteiger partial charge is 0.303 e. The SMILES string of the molecule is C=NNC1CCc2ccc(C(C)(F)F)cc21. The lowest BCUT2D eigenvalue weighted by Crippen LogP contribution is -2.13. The summed E-state index contributed by atoms with van der Waals surface area (Å²) in [5.41, 5.74) is 4.95. The van der Waals surface area contributed by atoms with Gasteiger partial charge in [0.1, 0.15) is 0 Å². The fourth-order valence-corrected chi connectivity index (χ4v) is 2.12. The number of hydrazone groups is 1. The number of fused-ring (bicyclic) bond motifs is 1. The summed E-state index contributed by atoms with van der Waals surface area (Å²) in [5.74, 6) is -2.79. The standard InChI is InChI=1S/C12H14F2N2/c1-12(13,14)9-5-3-8-4-6-11(16-15-2)10(8)7-9/h3,5,7,11,16H,2,4,6H2,1H3. The molecule has 0 heterocycles. The monoisotopic (exact) mass is 224 g/mol. The molecule has 86 valence electrons. The molecular weight excluding hydrogens is 210 g/mol. The van der Waals surface area contributed by atoms with Crippen molar-refractivity contribution in [1.82, 2.24) is 5.43 Å². The normalized spacial score (nSPS) is 19.3. The average Bonchev–Trinajstić information content (AvgIpc) is 2.60. The minimum Gasteiger partial charge on any atom is -0.303 e. The minimum absolute atomic E-state index is 0.0230. The van der Waals surface area contributed by atoms with Crippen LogP contribution in [0.4, 0.5) is 8.78 Å². The molecule has 0 fully saturated rings. The van der Waals surface area contributed by atoms with Crippen LogP contribution in [-0.2, 0) is 12.3 Å². The molecule has 0 aromatic heterocycles. The molecule has 1 aliphatic carbocycles. The highest BCUT2D eigenvalue weighted by atomic mass is 19.3. The highest BCUT2D eigenvalue weighted by Crippen LogP contribution is 2.35. The Kier molecular flexibility index (Phi) is 2.66. The number of hydrogen-bond acceptors (Lipinski definition) is 2. The van der Waals surface area contributed by atoms with Crippen LogP contribution in [0.1, 0.15) is 36.1 Å². The Morgan fingerprint density at radius 3 is 2.88 bits per heavy atom. The van der Waals surface area contributed by atoms with Gasteiger partial charge >= 0.3 is 0 Å². The maximum absolute atomic E-state index is 13.2. The third kappa shape index (κ3) is 1.92. The van der Waals surface area contributed by atoms with Crippen LogP contribution in [0.15, 0.2) is 23.3 Å². The van der Waals surface area contributed by atoms with E-state index in [2.05, 4.69) is 17.2 Å². The van der Waals surface area contributed by atoms with Gasteiger partial charge in [0.2, 0.25) is 0 Å². The number of aryl methyl sites for hydroxylation is 1. The summed E-state index contributed by atoms with van der Waals surface area (Å²) in [5, 5.41) is 3.62. The van der Waals surface area contributed by atoms with Gasteiger partial charge in [-0.25, -0.2) is 8.78 Å². The highest BCUT2D eigenvalue weighted by Gasteiger charge is 2.28. The summed E-state index contributed by atoms with van der Waals surface area (Å²) in [6, 6.07) is 4.88. The van der Waals surface area contributed by atoms with E-state index in [-0.39, 0.29) is 11.6 Å². The Hall–Kier alpha value is -1.45. The summed E-state index contributed by atoms with van der Waals surface area (Å²) in [6.07, 6.45) is 1.78. The number of nitrogens with zero attached hydrogens (tertiary/aromatic N) is 1. The number of rotatable bonds is 3. The maximum Gasteiger partial charge on any atom is 0.270 e. The van der Waals surface area contributed by atoms with Gasteiger partial charge in [0.15, 0.2) is 0 Å². The summed E-state index contributed by atoms with van der Waals surface area (Å²) >= 11 is 0. The molecule has 1 aromatic rings. The van der Waals surface area contributed by atoms with Crippen LogP contribution in [0.25, 0.3) is 0 Å². The van der Waals surface area contributed by atoms with Gasteiger partial charge in [0.25, 0.3) is 5.92 Å². The molecule has 4 heteroatoms. The number of alkyl halides is 2.